The second-order valence-electron chi connectivity index (χ2n) is 7.69. The Bertz CT molecular complexity index is 1120. The second kappa shape index (κ2) is 9.81. The zero-order valence-electron chi connectivity index (χ0n) is 17.7. The van der Waals surface area contributed by atoms with Gasteiger partial charge in [0.15, 0.2) is 0 Å². The van der Waals surface area contributed by atoms with Crippen molar-refractivity contribution in [3.8, 4) is 0 Å². The van der Waals surface area contributed by atoms with Crippen LogP contribution in [0.5, 0.6) is 0 Å². The first kappa shape index (κ1) is 20.5. The van der Waals surface area contributed by atoms with Crippen LogP contribution in [0.25, 0.3) is 0 Å². The Kier molecular flexibility index (Phi) is 6.48. The number of carbonyl (C=O) groups excluding carboxylic acids is 1. The lowest BCUT2D eigenvalue weighted by Gasteiger charge is -2.24. The Hall–Kier alpha value is -3.79. The van der Waals surface area contributed by atoms with Crippen molar-refractivity contribution < 1.29 is 4.79 Å². The highest BCUT2D eigenvalue weighted by Gasteiger charge is 2.17. The van der Waals surface area contributed by atoms with Crippen LogP contribution in [-0.2, 0) is 19.6 Å². The fourth-order valence-corrected chi connectivity index (χ4v) is 3.64. The molecule has 2 amide bonds. The molecule has 0 aliphatic rings. The van der Waals surface area contributed by atoms with Crippen molar-refractivity contribution in [3.63, 3.8) is 0 Å². The molecule has 3 aromatic carbocycles. The predicted molar refractivity (Wildman–Crippen MR) is 126 cm³/mol. The summed E-state index contributed by atoms with van der Waals surface area (Å²) in [6.45, 7) is 3.98. The number of amides is 2. The minimum Gasteiger partial charge on any atom is -0.345 e. The standard InChI is InChI=1S/C27H27N3O/c1-22-11-8-9-14-24(22)20-29-18-10-17-26(29)21-30(19-23-12-4-2-5-13-23)27(31)28-25-15-6-3-7-16-25/h2-18H,19-21H2,1H3,(H,28,31). The van der Waals surface area contributed by atoms with Crippen LogP contribution in [0.15, 0.2) is 103 Å². The number of carbonyl (C=O) groups is 1. The molecule has 0 aliphatic heterocycles. The van der Waals surface area contributed by atoms with Gasteiger partial charge in [-0.1, -0.05) is 72.8 Å². The minimum absolute atomic E-state index is 0.112. The lowest BCUT2D eigenvalue weighted by Crippen LogP contribution is -2.34. The van der Waals surface area contributed by atoms with Crippen molar-refractivity contribution in [2.45, 2.75) is 26.6 Å². The summed E-state index contributed by atoms with van der Waals surface area (Å²) in [6, 6.07) is 32.1. The number of hydrogen-bond donors (Lipinski definition) is 1. The summed E-state index contributed by atoms with van der Waals surface area (Å²) in [7, 11) is 0. The number of hydrogen-bond acceptors (Lipinski definition) is 1. The number of aryl methyl sites for hydroxylation is 1. The molecule has 156 valence electrons. The van der Waals surface area contributed by atoms with E-state index in [2.05, 4.69) is 65.5 Å². The summed E-state index contributed by atoms with van der Waals surface area (Å²) in [4.78, 5) is 15.0. The molecule has 4 rings (SSSR count). The topological polar surface area (TPSA) is 37.3 Å². The summed E-state index contributed by atoms with van der Waals surface area (Å²) in [5.74, 6) is 0. The van der Waals surface area contributed by atoms with Gasteiger partial charge in [0, 0.05) is 30.7 Å². The van der Waals surface area contributed by atoms with E-state index < -0.39 is 0 Å². The van der Waals surface area contributed by atoms with E-state index in [9.17, 15) is 4.79 Å². The largest absolute Gasteiger partial charge is 0.345 e. The van der Waals surface area contributed by atoms with Crippen molar-refractivity contribution in [3.05, 3.63) is 126 Å². The van der Waals surface area contributed by atoms with Crippen LogP contribution in [0, 0.1) is 6.92 Å². The molecule has 1 aromatic heterocycles. The maximum Gasteiger partial charge on any atom is 0.322 e. The van der Waals surface area contributed by atoms with Gasteiger partial charge in [-0.2, -0.15) is 0 Å². The molecule has 0 bridgehead atoms. The molecule has 0 atom stereocenters. The molecular weight excluding hydrogens is 382 g/mol. The molecule has 0 aliphatic carbocycles. The number of benzene rings is 3. The van der Waals surface area contributed by atoms with E-state index in [0.717, 1.165) is 23.5 Å². The Morgan fingerprint density at radius 2 is 1.48 bits per heavy atom. The van der Waals surface area contributed by atoms with Crippen LogP contribution in [0.3, 0.4) is 0 Å². The van der Waals surface area contributed by atoms with Gasteiger partial charge in [-0.3, -0.25) is 0 Å². The monoisotopic (exact) mass is 409 g/mol. The van der Waals surface area contributed by atoms with Crippen LogP contribution in [0.4, 0.5) is 10.5 Å². The van der Waals surface area contributed by atoms with Gasteiger partial charge < -0.3 is 14.8 Å². The van der Waals surface area contributed by atoms with Gasteiger partial charge in [0.2, 0.25) is 0 Å². The number of nitrogens with zero attached hydrogens (tertiary/aromatic N) is 2. The first-order valence-electron chi connectivity index (χ1n) is 10.5. The zero-order chi connectivity index (χ0) is 21.5. The molecule has 0 unspecified atom stereocenters. The molecule has 0 saturated carbocycles. The van der Waals surface area contributed by atoms with Gasteiger partial charge in [-0.05, 0) is 47.9 Å². The molecule has 0 radical (unpaired) electrons. The van der Waals surface area contributed by atoms with Gasteiger partial charge in [-0.15, -0.1) is 0 Å². The van der Waals surface area contributed by atoms with E-state index in [-0.39, 0.29) is 6.03 Å². The van der Waals surface area contributed by atoms with E-state index in [1.807, 2.05) is 59.5 Å². The number of anilines is 1. The summed E-state index contributed by atoms with van der Waals surface area (Å²) in [5, 5.41) is 3.03. The number of aromatic nitrogens is 1. The highest BCUT2D eigenvalue weighted by molar-refractivity contribution is 5.89. The molecule has 4 heteroatoms. The van der Waals surface area contributed by atoms with E-state index >= 15 is 0 Å². The van der Waals surface area contributed by atoms with Gasteiger partial charge in [0.1, 0.15) is 0 Å². The van der Waals surface area contributed by atoms with Crippen molar-refractivity contribution in [1.29, 1.82) is 0 Å². The lowest BCUT2D eigenvalue weighted by atomic mass is 10.1. The first-order valence-corrected chi connectivity index (χ1v) is 10.5. The Morgan fingerprint density at radius 1 is 0.806 bits per heavy atom. The van der Waals surface area contributed by atoms with Crippen molar-refractivity contribution >= 4 is 11.7 Å². The average molecular weight is 410 g/mol. The van der Waals surface area contributed by atoms with Gasteiger partial charge >= 0.3 is 6.03 Å². The third-order valence-corrected chi connectivity index (χ3v) is 5.41. The van der Waals surface area contributed by atoms with Crippen LogP contribution < -0.4 is 5.32 Å². The van der Waals surface area contributed by atoms with E-state index in [0.29, 0.717) is 13.1 Å². The molecule has 4 aromatic rings. The Morgan fingerprint density at radius 3 is 2.23 bits per heavy atom. The van der Waals surface area contributed by atoms with Crippen LogP contribution in [0.2, 0.25) is 0 Å². The normalized spacial score (nSPS) is 10.6. The minimum atomic E-state index is -0.112. The lowest BCUT2D eigenvalue weighted by molar-refractivity contribution is 0.205. The van der Waals surface area contributed by atoms with E-state index in [1.54, 1.807) is 0 Å². The smallest absolute Gasteiger partial charge is 0.322 e. The van der Waals surface area contributed by atoms with Crippen molar-refractivity contribution in [2.24, 2.45) is 0 Å². The molecule has 0 spiro atoms. The van der Waals surface area contributed by atoms with E-state index in [4.69, 9.17) is 0 Å². The third kappa shape index (κ3) is 5.43. The summed E-state index contributed by atoms with van der Waals surface area (Å²) < 4.78 is 2.22. The number of rotatable bonds is 7. The predicted octanol–water partition coefficient (Wildman–Crippen LogP) is 6.08. The summed E-state index contributed by atoms with van der Waals surface area (Å²) in [5.41, 5.74) is 5.54. The molecule has 31 heavy (non-hydrogen) atoms. The number of para-hydroxylation sites is 1. The maximum absolute atomic E-state index is 13.2. The van der Waals surface area contributed by atoms with Crippen molar-refractivity contribution in [1.82, 2.24) is 9.47 Å². The van der Waals surface area contributed by atoms with Gasteiger partial charge in [0.05, 0.1) is 6.54 Å². The molecule has 0 fully saturated rings. The molecule has 4 nitrogen and oxygen atoms in total. The fourth-order valence-electron chi connectivity index (χ4n) is 3.64. The highest BCUT2D eigenvalue weighted by atomic mass is 16.2. The number of urea groups is 1. The summed E-state index contributed by atoms with van der Waals surface area (Å²) >= 11 is 0. The van der Waals surface area contributed by atoms with E-state index in [1.165, 1.54) is 11.1 Å². The average Bonchev–Trinajstić information content (AvgIpc) is 3.23. The second-order valence-corrected chi connectivity index (χ2v) is 7.69. The molecule has 1 heterocycles. The molecule has 1 N–H and O–H groups in total. The van der Waals surface area contributed by atoms with Gasteiger partial charge in [0.25, 0.3) is 0 Å². The number of nitrogens with one attached hydrogen (secondary N) is 1. The van der Waals surface area contributed by atoms with Crippen LogP contribution in [-0.4, -0.2) is 15.5 Å². The summed E-state index contributed by atoms with van der Waals surface area (Å²) in [6.07, 6.45) is 2.08. The molecule has 0 saturated heterocycles. The Balaban J connectivity index is 1.55. The van der Waals surface area contributed by atoms with Gasteiger partial charge in [-0.25, -0.2) is 4.79 Å². The van der Waals surface area contributed by atoms with Crippen LogP contribution >= 0.6 is 0 Å². The first-order chi connectivity index (χ1) is 15.2. The quantitative estimate of drug-likeness (QED) is 0.395. The SMILES string of the molecule is Cc1ccccc1Cn1cccc1CN(Cc1ccccc1)C(=O)Nc1ccccc1. The molecular formula is C27H27N3O. The zero-order valence-corrected chi connectivity index (χ0v) is 17.7. The highest BCUT2D eigenvalue weighted by Crippen LogP contribution is 2.16. The van der Waals surface area contributed by atoms with Crippen molar-refractivity contribution in [2.75, 3.05) is 5.32 Å². The van der Waals surface area contributed by atoms with Crippen LogP contribution in [0.1, 0.15) is 22.4 Å². The maximum atomic E-state index is 13.2. The fraction of sp³-hybridized carbons (Fsp3) is 0.148. The Labute approximate surface area is 183 Å². The third-order valence-electron chi connectivity index (χ3n) is 5.41.